The number of nitrogens with one attached hydrogen (secondary N) is 1. The molecule has 1 N–H and O–H groups in total. The van der Waals surface area contributed by atoms with E-state index in [-0.39, 0.29) is 17.4 Å². The molecule has 1 saturated carbocycles. The van der Waals surface area contributed by atoms with Gasteiger partial charge in [0.2, 0.25) is 0 Å². The van der Waals surface area contributed by atoms with Gasteiger partial charge in [-0.25, -0.2) is 8.42 Å². The Morgan fingerprint density at radius 2 is 1.90 bits per heavy atom. The van der Waals surface area contributed by atoms with Crippen molar-refractivity contribution in [3.05, 3.63) is 23.3 Å². The Morgan fingerprint density at radius 3 is 2.35 bits per heavy atom. The van der Waals surface area contributed by atoms with Gasteiger partial charge in [0.25, 0.3) is 15.0 Å². The molecule has 1 amide bonds. The van der Waals surface area contributed by atoms with Gasteiger partial charge in [-0.1, -0.05) is 0 Å². The Hall–Kier alpha value is -1.27. The monoisotopic (exact) mass is 317 g/mol. The van der Waals surface area contributed by atoms with Gasteiger partial charge in [-0.2, -0.15) is 0 Å². The van der Waals surface area contributed by atoms with E-state index in [0.717, 1.165) is 12.8 Å². The third-order valence-corrected chi connectivity index (χ3v) is 4.58. The first kappa shape index (κ1) is 15.1. The van der Waals surface area contributed by atoms with E-state index in [1.807, 2.05) is 0 Å². The zero-order chi connectivity index (χ0) is 14.9. The highest BCUT2D eigenvalue weighted by atomic mass is 35.7. The molecule has 0 unspecified atom stereocenters. The summed E-state index contributed by atoms with van der Waals surface area (Å²) in [6.07, 6.45) is 2.04. The second kappa shape index (κ2) is 5.61. The van der Waals surface area contributed by atoms with Crippen LogP contribution < -0.4 is 10.1 Å². The first-order valence-corrected chi connectivity index (χ1v) is 8.56. The molecule has 0 heterocycles. The zero-order valence-electron chi connectivity index (χ0n) is 11.3. The molecule has 7 heteroatoms. The Kier molecular flexibility index (Phi) is 4.25. The molecule has 0 atom stereocenters. The number of rotatable bonds is 5. The van der Waals surface area contributed by atoms with Gasteiger partial charge in [-0.3, -0.25) is 4.79 Å². The van der Waals surface area contributed by atoms with Crippen molar-refractivity contribution in [1.82, 2.24) is 5.32 Å². The average molecular weight is 318 g/mol. The van der Waals surface area contributed by atoms with Gasteiger partial charge < -0.3 is 10.1 Å². The quantitative estimate of drug-likeness (QED) is 0.842. The van der Waals surface area contributed by atoms with Crippen LogP contribution in [0, 0.1) is 13.8 Å². The second-order valence-electron chi connectivity index (χ2n) is 4.95. The van der Waals surface area contributed by atoms with Crippen LogP contribution in [-0.2, 0) is 13.8 Å². The van der Waals surface area contributed by atoms with Gasteiger partial charge in [-0.15, -0.1) is 0 Å². The fourth-order valence-electron chi connectivity index (χ4n) is 2.02. The lowest BCUT2D eigenvalue weighted by molar-refractivity contribution is -0.123. The minimum Gasteiger partial charge on any atom is -0.484 e. The Morgan fingerprint density at radius 1 is 1.35 bits per heavy atom. The fourth-order valence-corrected chi connectivity index (χ4v) is 3.64. The molecule has 1 aliphatic carbocycles. The van der Waals surface area contributed by atoms with Crippen molar-refractivity contribution in [3.63, 3.8) is 0 Å². The normalized spacial score (nSPS) is 14.9. The average Bonchev–Trinajstić information content (AvgIpc) is 3.07. The van der Waals surface area contributed by atoms with Gasteiger partial charge in [0.05, 0.1) is 4.90 Å². The number of hydrogen-bond donors (Lipinski definition) is 1. The molecule has 0 aliphatic heterocycles. The standard InChI is InChI=1S/C13H16ClNO4S/c1-8-5-11(6-9(2)13(8)20(14,17)18)19-7-12(16)15-10-3-4-10/h5-6,10H,3-4,7H2,1-2H3,(H,15,16). The third-order valence-electron chi connectivity index (χ3n) is 2.99. The van der Waals surface area contributed by atoms with E-state index in [9.17, 15) is 13.2 Å². The molecular weight excluding hydrogens is 302 g/mol. The van der Waals surface area contributed by atoms with E-state index in [1.54, 1.807) is 26.0 Å². The van der Waals surface area contributed by atoms with Crippen LogP contribution in [0.15, 0.2) is 17.0 Å². The SMILES string of the molecule is Cc1cc(OCC(=O)NC2CC2)cc(C)c1S(=O)(=O)Cl. The summed E-state index contributed by atoms with van der Waals surface area (Å²) in [5.74, 6) is 0.284. The lowest BCUT2D eigenvalue weighted by atomic mass is 10.1. The molecule has 0 bridgehead atoms. The predicted molar refractivity (Wildman–Crippen MR) is 75.6 cm³/mol. The molecule has 1 aromatic carbocycles. The molecule has 1 aliphatic rings. The van der Waals surface area contributed by atoms with Crippen molar-refractivity contribution in [3.8, 4) is 5.75 Å². The van der Waals surface area contributed by atoms with Crippen molar-refractivity contribution in [1.29, 1.82) is 0 Å². The summed E-state index contributed by atoms with van der Waals surface area (Å²) in [6.45, 7) is 3.20. The fraction of sp³-hybridized carbons (Fsp3) is 0.462. The number of amides is 1. The molecule has 5 nitrogen and oxygen atoms in total. The molecular formula is C13H16ClNO4S. The van der Waals surface area contributed by atoms with Crippen LogP contribution in [0.1, 0.15) is 24.0 Å². The molecule has 20 heavy (non-hydrogen) atoms. The number of ether oxygens (including phenoxy) is 1. The molecule has 1 fully saturated rings. The van der Waals surface area contributed by atoms with E-state index < -0.39 is 9.05 Å². The Labute approximate surface area is 122 Å². The van der Waals surface area contributed by atoms with Crippen molar-refractivity contribution in [2.45, 2.75) is 37.6 Å². The number of halogens is 1. The molecule has 0 radical (unpaired) electrons. The molecule has 2 rings (SSSR count). The van der Waals surface area contributed by atoms with Crippen molar-refractivity contribution >= 4 is 25.6 Å². The number of carbonyl (C=O) groups excluding carboxylic acids is 1. The number of benzene rings is 1. The minimum absolute atomic E-state index is 0.0810. The summed E-state index contributed by atoms with van der Waals surface area (Å²) in [6, 6.07) is 3.41. The van der Waals surface area contributed by atoms with Crippen LogP contribution in [-0.4, -0.2) is 27.0 Å². The zero-order valence-corrected chi connectivity index (χ0v) is 12.8. The lowest BCUT2D eigenvalue weighted by Gasteiger charge is -2.11. The molecule has 110 valence electrons. The van der Waals surface area contributed by atoms with E-state index in [1.165, 1.54) is 0 Å². The first-order chi connectivity index (χ1) is 9.27. The van der Waals surface area contributed by atoms with Crippen molar-refractivity contribution in [2.24, 2.45) is 0 Å². The third kappa shape index (κ3) is 3.86. The van der Waals surface area contributed by atoms with Gasteiger partial charge in [0, 0.05) is 16.7 Å². The summed E-state index contributed by atoms with van der Waals surface area (Å²) >= 11 is 0. The lowest BCUT2D eigenvalue weighted by Crippen LogP contribution is -2.30. The number of hydrogen-bond acceptors (Lipinski definition) is 4. The van der Waals surface area contributed by atoms with Gasteiger partial charge >= 0.3 is 0 Å². The van der Waals surface area contributed by atoms with Crippen molar-refractivity contribution < 1.29 is 17.9 Å². The van der Waals surface area contributed by atoms with E-state index in [0.29, 0.717) is 22.9 Å². The topological polar surface area (TPSA) is 72.5 Å². The van der Waals surface area contributed by atoms with E-state index in [4.69, 9.17) is 15.4 Å². The highest BCUT2D eigenvalue weighted by Gasteiger charge is 2.23. The van der Waals surface area contributed by atoms with Crippen LogP contribution >= 0.6 is 10.7 Å². The van der Waals surface area contributed by atoms with Crippen LogP contribution in [0.25, 0.3) is 0 Å². The maximum absolute atomic E-state index is 11.5. The predicted octanol–water partition coefficient (Wildman–Crippen LogP) is 1.89. The molecule has 0 aromatic heterocycles. The van der Waals surface area contributed by atoms with Crippen molar-refractivity contribution in [2.75, 3.05) is 6.61 Å². The van der Waals surface area contributed by atoms with Gasteiger partial charge in [-0.05, 0) is 49.9 Å². The van der Waals surface area contributed by atoms with E-state index in [2.05, 4.69) is 5.32 Å². The summed E-state index contributed by atoms with van der Waals surface area (Å²) in [5, 5.41) is 2.81. The van der Waals surface area contributed by atoms with Crippen LogP contribution in [0.4, 0.5) is 0 Å². The summed E-state index contributed by atoms with van der Waals surface area (Å²) in [4.78, 5) is 11.6. The van der Waals surface area contributed by atoms with Crippen LogP contribution in [0.3, 0.4) is 0 Å². The second-order valence-corrected chi connectivity index (χ2v) is 7.46. The maximum Gasteiger partial charge on any atom is 0.261 e. The first-order valence-electron chi connectivity index (χ1n) is 6.25. The molecule has 1 aromatic rings. The molecule has 0 saturated heterocycles. The minimum atomic E-state index is -3.78. The Balaban J connectivity index is 2.08. The highest BCUT2D eigenvalue weighted by Crippen LogP contribution is 2.28. The maximum atomic E-state index is 11.5. The highest BCUT2D eigenvalue weighted by molar-refractivity contribution is 8.13. The van der Waals surface area contributed by atoms with Crippen LogP contribution in [0.5, 0.6) is 5.75 Å². The summed E-state index contributed by atoms with van der Waals surface area (Å²) in [7, 11) is 1.60. The van der Waals surface area contributed by atoms with E-state index >= 15 is 0 Å². The van der Waals surface area contributed by atoms with Crippen LogP contribution in [0.2, 0.25) is 0 Å². The Bertz CT molecular complexity index is 615. The number of carbonyl (C=O) groups is 1. The van der Waals surface area contributed by atoms with Gasteiger partial charge in [0.15, 0.2) is 6.61 Å². The van der Waals surface area contributed by atoms with Gasteiger partial charge in [0.1, 0.15) is 5.75 Å². The smallest absolute Gasteiger partial charge is 0.261 e. The number of aryl methyl sites for hydroxylation is 2. The molecule has 0 spiro atoms. The summed E-state index contributed by atoms with van der Waals surface area (Å²) < 4.78 is 28.3. The largest absolute Gasteiger partial charge is 0.484 e. The summed E-state index contributed by atoms with van der Waals surface area (Å²) in [5.41, 5.74) is 0.996.